The van der Waals surface area contributed by atoms with E-state index in [1.807, 2.05) is 26.0 Å². The van der Waals surface area contributed by atoms with E-state index < -0.39 is 0 Å². The summed E-state index contributed by atoms with van der Waals surface area (Å²) < 4.78 is 5.47. The number of hydrogen-bond donors (Lipinski definition) is 2. The minimum atomic E-state index is 0.328. The number of aromatic nitrogens is 2. The Labute approximate surface area is 124 Å². The van der Waals surface area contributed by atoms with Crippen molar-refractivity contribution in [2.75, 3.05) is 6.54 Å². The van der Waals surface area contributed by atoms with Gasteiger partial charge in [-0.3, -0.25) is 0 Å². The number of aryl methyl sites for hydroxylation is 2. The van der Waals surface area contributed by atoms with Gasteiger partial charge in [-0.05, 0) is 63.4 Å². The first-order chi connectivity index (χ1) is 10.0. The molecular weight excluding hydrogens is 266 g/mol. The Morgan fingerprint density at radius 2 is 2.00 bits per heavy atom. The average Bonchev–Trinajstić information content (AvgIpc) is 2.94. The Morgan fingerprint density at radius 3 is 2.67 bits per heavy atom. The number of nitrogens with one attached hydrogen (secondary N) is 1. The van der Waals surface area contributed by atoms with Gasteiger partial charge in [0.05, 0.1) is 0 Å². The topological polar surface area (TPSA) is 71.2 Å². The Balaban J connectivity index is 1.88. The number of benzene rings is 1. The zero-order valence-electron chi connectivity index (χ0n) is 12.7. The van der Waals surface area contributed by atoms with Crippen molar-refractivity contribution in [3.8, 4) is 17.1 Å². The van der Waals surface area contributed by atoms with Crippen LogP contribution in [0.5, 0.6) is 5.75 Å². The molecule has 1 aromatic carbocycles. The van der Waals surface area contributed by atoms with Gasteiger partial charge in [0.25, 0.3) is 0 Å². The second-order valence-electron chi connectivity index (χ2n) is 5.99. The number of nitrogens with zero attached hydrogens (tertiary/aromatic N) is 2. The summed E-state index contributed by atoms with van der Waals surface area (Å²) in [5, 5.41) is 17.4. The van der Waals surface area contributed by atoms with E-state index in [9.17, 15) is 5.11 Å². The van der Waals surface area contributed by atoms with Crippen molar-refractivity contribution in [2.45, 2.75) is 45.6 Å². The molecule has 1 aromatic heterocycles. The smallest absolute Gasteiger partial charge is 0.230 e. The average molecular weight is 287 g/mol. The van der Waals surface area contributed by atoms with Crippen LogP contribution in [-0.4, -0.2) is 27.8 Å². The van der Waals surface area contributed by atoms with Crippen molar-refractivity contribution in [2.24, 2.45) is 0 Å². The fraction of sp³-hybridized carbons (Fsp3) is 0.500. The third-order valence-electron chi connectivity index (χ3n) is 4.16. The lowest BCUT2D eigenvalue weighted by Gasteiger charge is -2.25. The summed E-state index contributed by atoms with van der Waals surface area (Å²) in [4.78, 5) is 4.56. The molecule has 0 amide bonds. The number of hydrogen-bond acceptors (Lipinski definition) is 5. The minimum absolute atomic E-state index is 0.328. The molecule has 112 valence electrons. The molecule has 3 rings (SSSR count). The highest BCUT2D eigenvalue weighted by atomic mass is 16.5. The van der Waals surface area contributed by atoms with Crippen LogP contribution in [0.2, 0.25) is 0 Å². The van der Waals surface area contributed by atoms with Gasteiger partial charge in [-0.25, -0.2) is 0 Å². The summed E-state index contributed by atoms with van der Waals surface area (Å²) in [5.41, 5.74) is 2.54. The van der Waals surface area contributed by atoms with Gasteiger partial charge in [0, 0.05) is 17.5 Å². The number of phenolic OH excluding ortho intramolecular Hbond substituents is 1. The molecule has 2 N–H and O–H groups in total. The molecular formula is C16H21N3O2. The SMILES string of the molecule is Cc1cc(-c2noc(C3CCNC(C)C3)n2)cc(C)c1O. The van der Waals surface area contributed by atoms with Crippen LogP contribution in [0.25, 0.3) is 11.4 Å². The maximum atomic E-state index is 9.84. The summed E-state index contributed by atoms with van der Waals surface area (Å²) >= 11 is 0. The summed E-state index contributed by atoms with van der Waals surface area (Å²) in [6, 6.07) is 4.27. The van der Waals surface area contributed by atoms with Crippen molar-refractivity contribution in [1.82, 2.24) is 15.5 Å². The molecule has 2 atom stereocenters. The quantitative estimate of drug-likeness (QED) is 0.888. The molecule has 21 heavy (non-hydrogen) atoms. The summed E-state index contributed by atoms with van der Waals surface area (Å²) in [5.74, 6) is 1.99. The Kier molecular flexibility index (Phi) is 3.68. The van der Waals surface area contributed by atoms with Gasteiger partial charge in [0.1, 0.15) is 5.75 Å². The standard InChI is InChI=1S/C16H21N3O2/c1-9-6-13(7-10(2)14(9)20)15-18-16(21-19-15)12-4-5-17-11(3)8-12/h6-7,11-12,17,20H,4-5,8H2,1-3H3. The maximum absolute atomic E-state index is 9.84. The third kappa shape index (κ3) is 2.78. The third-order valence-corrected chi connectivity index (χ3v) is 4.16. The first-order valence-electron chi connectivity index (χ1n) is 7.42. The molecule has 2 heterocycles. The van der Waals surface area contributed by atoms with Crippen LogP contribution in [0.1, 0.15) is 42.7 Å². The molecule has 0 aliphatic carbocycles. The van der Waals surface area contributed by atoms with Crippen LogP contribution in [0.15, 0.2) is 16.7 Å². The number of rotatable bonds is 2. The lowest BCUT2D eigenvalue weighted by atomic mass is 9.93. The number of phenols is 1. The molecule has 1 saturated heterocycles. The number of aromatic hydroxyl groups is 1. The fourth-order valence-corrected chi connectivity index (χ4v) is 2.96. The Morgan fingerprint density at radius 1 is 1.29 bits per heavy atom. The second-order valence-corrected chi connectivity index (χ2v) is 5.99. The van der Waals surface area contributed by atoms with Gasteiger partial charge < -0.3 is 14.9 Å². The normalized spacial score (nSPS) is 22.4. The summed E-state index contributed by atoms with van der Waals surface area (Å²) in [6.45, 7) is 6.92. The highest BCUT2D eigenvalue weighted by Gasteiger charge is 2.25. The van der Waals surface area contributed by atoms with E-state index in [-0.39, 0.29) is 0 Å². The van der Waals surface area contributed by atoms with Crippen molar-refractivity contribution >= 4 is 0 Å². The maximum Gasteiger partial charge on any atom is 0.230 e. The molecule has 5 heteroatoms. The van der Waals surface area contributed by atoms with Crippen LogP contribution in [0, 0.1) is 13.8 Å². The van der Waals surface area contributed by atoms with E-state index in [0.29, 0.717) is 23.5 Å². The van der Waals surface area contributed by atoms with Gasteiger partial charge in [-0.2, -0.15) is 4.98 Å². The largest absolute Gasteiger partial charge is 0.507 e. The predicted octanol–water partition coefficient (Wildman–Crippen LogP) is 2.91. The van der Waals surface area contributed by atoms with E-state index >= 15 is 0 Å². The minimum Gasteiger partial charge on any atom is -0.507 e. The fourth-order valence-electron chi connectivity index (χ4n) is 2.96. The molecule has 0 spiro atoms. The zero-order valence-corrected chi connectivity index (χ0v) is 12.7. The van der Waals surface area contributed by atoms with E-state index in [1.165, 1.54) is 0 Å². The first-order valence-corrected chi connectivity index (χ1v) is 7.42. The first kappa shape index (κ1) is 14.1. The molecule has 1 fully saturated rings. The molecule has 0 saturated carbocycles. The molecule has 5 nitrogen and oxygen atoms in total. The highest BCUT2D eigenvalue weighted by molar-refractivity contribution is 5.60. The molecule has 1 aliphatic rings. The van der Waals surface area contributed by atoms with Gasteiger partial charge in [0.2, 0.25) is 11.7 Å². The van der Waals surface area contributed by atoms with Crippen LogP contribution < -0.4 is 5.32 Å². The highest BCUT2D eigenvalue weighted by Crippen LogP contribution is 2.30. The monoisotopic (exact) mass is 287 g/mol. The summed E-state index contributed by atoms with van der Waals surface area (Å²) in [6.07, 6.45) is 2.05. The Bertz CT molecular complexity index is 628. The van der Waals surface area contributed by atoms with Gasteiger partial charge >= 0.3 is 0 Å². The van der Waals surface area contributed by atoms with Gasteiger partial charge in [-0.1, -0.05) is 5.16 Å². The van der Waals surface area contributed by atoms with Crippen molar-refractivity contribution in [3.05, 3.63) is 29.2 Å². The van der Waals surface area contributed by atoms with Crippen molar-refractivity contribution in [3.63, 3.8) is 0 Å². The van der Waals surface area contributed by atoms with Gasteiger partial charge in [-0.15, -0.1) is 0 Å². The van der Waals surface area contributed by atoms with Crippen LogP contribution in [0.3, 0.4) is 0 Å². The van der Waals surface area contributed by atoms with E-state index in [4.69, 9.17) is 4.52 Å². The Hall–Kier alpha value is -1.88. The molecule has 2 unspecified atom stereocenters. The predicted molar refractivity (Wildman–Crippen MR) is 80.3 cm³/mol. The van der Waals surface area contributed by atoms with E-state index in [2.05, 4.69) is 22.4 Å². The number of piperidine rings is 1. The zero-order chi connectivity index (χ0) is 15.0. The van der Waals surface area contributed by atoms with Crippen molar-refractivity contribution in [1.29, 1.82) is 0 Å². The van der Waals surface area contributed by atoms with Crippen molar-refractivity contribution < 1.29 is 9.63 Å². The molecule has 1 aliphatic heterocycles. The van der Waals surface area contributed by atoms with E-state index in [1.54, 1.807) is 0 Å². The van der Waals surface area contributed by atoms with Crippen LogP contribution >= 0.6 is 0 Å². The summed E-state index contributed by atoms with van der Waals surface area (Å²) in [7, 11) is 0. The van der Waals surface area contributed by atoms with Crippen LogP contribution in [0.4, 0.5) is 0 Å². The van der Waals surface area contributed by atoms with E-state index in [0.717, 1.165) is 42.0 Å². The lowest BCUT2D eigenvalue weighted by Crippen LogP contribution is -2.34. The molecule has 2 aromatic rings. The van der Waals surface area contributed by atoms with Gasteiger partial charge in [0.15, 0.2) is 0 Å². The second kappa shape index (κ2) is 5.48. The van der Waals surface area contributed by atoms with Crippen LogP contribution in [-0.2, 0) is 0 Å². The lowest BCUT2D eigenvalue weighted by molar-refractivity contribution is 0.295. The molecule has 0 bridgehead atoms. The molecule has 0 radical (unpaired) electrons.